The Morgan fingerprint density at radius 1 is 1.38 bits per heavy atom. The van der Waals surface area contributed by atoms with Crippen LogP contribution in [0.25, 0.3) is 10.2 Å². The summed E-state index contributed by atoms with van der Waals surface area (Å²) in [5, 5.41) is 5.17. The Morgan fingerprint density at radius 2 is 2.21 bits per heavy atom. The number of hydrogen-bond acceptors (Lipinski definition) is 4. The Kier molecular flexibility index (Phi) is 4.71. The number of rotatable bonds is 5. The van der Waals surface area contributed by atoms with Crippen LogP contribution in [0.5, 0.6) is 0 Å². The average molecular weight is 345 g/mol. The van der Waals surface area contributed by atoms with Gasteiger partial charge in [-0.15, -0.1) is 11.3 Å². The molecule has 0 saturated heterocycles. The standard InChI is InChI=1S/C17H16FN3O2S/c1-11-8-12(2-3-14(11)18)9-19-15(22)4-6-21-10-20-16-13(17(21)23)5-7-24-16/h2-3,5,7-8,10H,4,6,9H2,1H3,(H,19,22). The normalized spacial score (nSPS) is 10.9. The van der Waals surface area contributed by atoms with E-state index in [1.807, 2.05) is 5.38 Å². The lowest BCUT2D eigenvalue weighted by molar-refractivity contribution is -0.121. The van der Waals surface area contributed by atoms with Gasteiger partial charge in [0.15, 0.2) is 0 Å². The van der Waals surface area contributed by atoms with E-state index < -0.39 is 0 Å². The number of amides is 1. The second kappa shape index (κ2) is 6.92. The number of hydrogen-bond donors (Lipinski definition) is 1. The molecule has 1 aromatic carbocycles. The number of fused-ring (bicyclic) bond motifs is 1. The van der Waals surface area contributed by atoms with E-state index in [0.717, 1.165) is 5.56 Å². The van der Waals surface area contributed by atoms with Gasteiger partial charge in [-0.25, -0.2) is 9.37 Å². The highest BCUT2D eigenvalue weighted by atomic mass is 32.1. The predicted octanol–water partition coefficient (Wildman–Crippen LogP) is 2.61. The van der Waals surface area contributed by atoms with Gasteiger partial charge in [-0.05, 0) is 35.6 Å². The van der Waals surface area contributed by atoms with Crippen LogP contribution in [0.1, 0.15) is 17.5 Å². The van der Waals surface area contributed by atoms with E-state index in [9.17, 15) is 14.0 Å². The van der Waals surface area contributed by atoms with Crippen molar-refractivity contribution in [1.29, 1.82) is 0 Å². The molecule has 2 heterocycles. The van der Waals surface area contributed by atoms with Gasteiger partial charge in [0.25, 0.3) is 5.56 Å². The smallest absolute Gasteiger partial charge is 0.262 e. The highest BCUT2D eigenvalue weighted by Crippen LogP contribution is 2.13. The number of carbonyl (C=O) groups is 1. The van der Waals surface area contributed by atoms with Gasteiger partial charge in [-0.2, -0.15) is 0 Å². The third-order valence-electron chi connectivity index (χ3n) is 3.74. The van der Waals surface area contributed by atoms with Gasteiger partial charge in [0, 0.05) is 19.5 Å². The molecule has 3 aromatic rings. The van der Waals surface area contributed by atoms with Gasteiger partial charge in [0.05, 0.1) is 11.7 Å². The van der Waals surface area contributed by atoms with E-state index in [0.29, 0.717) is 22.3 Å². The van der Waals surface area contributed by atoms with Crippen molar-refractivity contribution in [3.63, 3.8) is 0 Å². The molecule has 7 heteroatoms. The number of thiophene rings is 1. The van der Waals surface area contributed by atoms with Gasteiger partial charge in [0.1, 0.15) is 10.6 Å². The van der Waals surface area contributed by atoms with Crippen LogP contribution < -0.4 is 10.9 Å². The van der Waals surface area contributed by atoms with Crippen LogP contribution in [0, 0.1) is 12.7 Å². The van der Waals surface area contributed by atoms with Crippen molar-refractivity contribution in [2.75, 3.05) is 0 Å². The number of carbonyl (C=O) groups excluding carboxylic acids is 1. The molecule has 24 heavy (non-hydrogen) atoms. The van der Waals surface area contributed by atoms with Crippen LogP contribution in [0.4, 0.5) is 4.39 Å². The molecule has 5 nitrogen and oxygen atoms in total. The lowest BCUT2D eigenvalue weighted by atomic mass is 10.1. The van der Waals surface area contributed by atoms with Gasteiger partial charge in [0.2, 0.25) is 5.91 Å². The summed E-state index contributed by atoms with van der Waals surface area (Å²) in [5.41, 5.74) is 1.24. The summed E-state index contributed by atoms with van der Waals surface area (Å²) in [7, 11) is 0. The minimum Gasteiger partial charge on any atom is -0.352 e. The Hall–Kier alpha value is -2.54. The molecule has 0 spiro atoms. The minimum absolute atomic E-state index is 0.136. The zero-order chi connectivity index (χ0) is 17.1. The molecule has 0 aliphatic rings. The largest absolute Gasteiger partial charge is 0.352 e. The summed E-state index contributed by atoms with van der Waals surface area (Å²) in [6.07, 6.45) is 1.65. The molecule has 0 atom stereocenters. The number of aryl methyl sites for hydroxylation is 2. The lowest BCUT2D eigenvalue weighted by Gasteiger charge is -2.08. The van der Waals surface area contributed by atoms with Crippen molar-refractivity contribution >= 4 is 27.5 Å². The van der Waals surface area contributed by atoms with Crippen LogP contribution in [0.3, 0.4) is 0 Å². The first-order valence-electron chi connectivity index (χ1n) is 7.49. The number of aromatic nitrogens is 2. The first-order valence-corrected chi connectivity index (χ1v) is 8.37. The fraction of sp³-hybridized carbons (Fsp3) is 0.235. The van der Waals surface area contributed by atoms with Crippen molar-refractivity contribution in [1.82, 2.24) is 14.9 Å². The maximum absolute atomic E-state index is 13.2. The topological polar surface area (TPSA) is 64.0 Å². The van der Waals surface area contributed by atoms with Crippen molar-refractivity contribution < 1.29 is 9.18 Å². The van der Waals surface area contributed by atoms with E-state index in [1.54, 1.807) is 25.1 Å². The van der Waals surface area contributed by atoms with E-state index in [2.05, 4.69) is 10.3 Å². The highest BCUT2D eigenvalue weighted by Gasteiger charge is 2.07. The first kappa shape index (κ1) is 16.3. The van der Waals surface area contributed by atoms with E-state index in [4.69, 9.17) is 0 Å². The maximum Gasteiger partial charge on any atom is 0.262 e. The van der Waals surface area contributed by atoms with Gasteiger partial charge < -0.3 is 5.32 Å². The summed E-state index contributed by atoms with van der Waals surface area (Å²) in [6, 6.07) is 6.47. The Labute approximate surface area is 141 Å². The van der Waals surface area contributed by atoms with Crippen molar-refractivity contribution in [2.24, 2.45) is 0 Å². The van der Waals surface area contributed by atoms with Gasteiger partial charge in [-0.1, -0.05) is 12.1 Å². The van der Waals surface area contributed by atoms with Gasteiger partial charge >= 0.3 is 0 Å². The second-order valence-electron chi connectivity index (χ2n) is 5.49. The Bertz CT molecular complexity index is 948. The van der Waals surface area contributed by atoms with E-state index in [1.165, 1.54) is 28.3 Å². The fourth-order valence-electron chi connectivity index (χ4n) is 2.38. The summed E-state index contributed by atoms with van der Waals surface area (Å²) < 4.78 is 14.6. The number of halogens is 1. The van der Waals surface area contributed by atoms with Crippen LogP contribution in [-0.2, 0) is 17.9 Å². The maximum atomic E-state index is 13.2. The molecule has 0 bridgehead atoms. The van der Waals surface area contributed by atoms with E-state index in [-0.39, 0.29) is 30.2 Å². The summed E-state index contributed by atoms with van der Waals surface area (Å²) in [6.45, 7) is 2.28. The number of nitrogens with zero attached hydrogens (tertiary/aromatic N) is 2. The lowest BCUT2D eigenvalue weighted by Crippen LogP contribution is -2.27. The molecular formula is C17H16FN3O2S. The number of benzene rings is 1. The fourth-order valence-corrected chi connectivity index (χ4v) is 3.10. The van der Waals surface area contributed by atoms with Crippen molar-refractivity contribution in [2.45, 2.75) is 26.4 Å². The third kappa shape index (κ3) is 3.51. The molecule has 1 N–H and O–H groups in total. The molecule has 0 aliphatic heterocycles. The zero-order valence-electron chi connectivity index (χ0n) is 13.1. The van der Waals surface area contributed by atoms with Crippen LogP contribution in [0.2, 0.25) is 0 Å². The summed E-state index contributed by atoms with van der Waals surface area (Å²) >= 11 is 1.41. The van der Waals surface area contributed by atoms with Crippen LogP contribution in [-0.4, -0.2) is 15.5 Å². The molecular weight excluding hydrogens is 329 g/mol. The third-order valence-corrected chi connectivity index (χ3v) is 4.56. The van der Waals surface area contributed by atoms with Crippen molar-refractivity contribution in [3.05, 3.63) is 63.3 Å². The molecule has 0 aliphatic carbocycles. The molecule has 0 unspecified atom stereocenters. The van der Waals surface area contributed by atoms with Crippen molar-refractivity contribution in [3.8, 4) is 0 Å². The second-order valence-corrected chi connectivity index (χ2v) is 6.39. The molecule has 1 amide bonds. The van der Waals surface area contributed by atoms with E-state index >= 15 is 0 Å². The van der Waals surface area contributed by atoms with Crippen LogP contribution >= 0.6 is 11.3 Å². The zero-order valence-corrected chi connectivity index (χ0v) is 13.9. The van der Waals surface area contributed by atoms with Crippen LogP contribution in [0.15, 0.2) is 40.8 Å². The summed E-state index contributed by atoms with van der Waals surface area (Å²) in [5.74, 6) is -0.435. The SMILES string of the molecule is Cc1cc(CNC(=O)CCn2cnc3sccc3c2=O)ccc1F. The Balaban J connectivity index is 1.57. The first-order chi connectivity index (χ1) is 11.5. The number of nitrogens with one attached hydrogen (secondary N) is 1. The molecule has 2 aromatic heterocycles. The molecule has 0 saturated carbocycles. The molecule has 0 fully saturated rings. The predicted molar refractivity (Wildman–Crippen MR) is 91.5 cm³/mol. The highest BCUT2D eigenvalue weighted by molar-refractivity contribution is 7.16. The molecule has 0 radical (unpaired) electrons. The molecule has 124 valence electrons. The average Bonchev–Trinajstić information content (AvgIpc) is 3.05. The quantitative estimate of drug-likeness (QED) is 0.773. The van der Waals surface area contributed by atoms with Gasteiger partial charge in [-0.3, -0.25) is 14.2 Å². The monoisotopic (exact) mass is 345 g/mol. The summed E-state index contributed by atoms with van der Waals surface area (Å²) in [4.78, 5) is 29.1. The molecule has 3 rings (SSSR count). The Morgan fingerprint density at radius 3 is 3.00 bits per heavy atom. The minimum atomic E-state index is -0.263.